The van der Waals surface area contributed by atoms with E-state index in [1.165, 1.54) is 0 Å². The lowest BCUT2D eigenvalue weighted by atomic mass is 10.3. The predicted octanol–water partition coefficient (Wildman–Crippen LogP) is -0.0324. The number of aromatic nitrogens is 2. The highest BCUT2D eigenvalue weighted by Gasteiger charge is 2.25. The molecule has 0 atom stereocenters. The second-order valence-corrected chi connectivity index (χ2v) is 6.24. The number of nitrogens with zero attached hydrogens (tertiary/aromatic N) is 5. The molecule has 10 heteroatoms. The zero-order chi connectivity index (χ0) is 16.9. The molecule has 2 aliphatic rings. The Morgan fingerprint density at radius 3 is 2.60 bits per heavy atom. The Hall–Kier alpha value is -1.43. The fraction of sp³-hybridized carbons (Fsp3) is 0.733. The molecule has 1 aliphatic heterocycles. The molecule has 140 valence electrons. The fourth-order valence-electron chi connectivity index (χ4n) is 2.73. The standard InChI is InChI=1S/C15H25N7O2.HI/c1-11-18-13(20-24-11)9-17-15(16-2)22-7-5-21(6-8-22)10-14(23)19-12-3-4-12;/h12H,3-10H2,1-2H3,(H,16,17)(H,19,23);1H. The van der Waals surface area contributed by atoms with E-state index in [1.807, 2.05) is 0 Å². The van der Waals surface area contributed by atoms with Crippen molar-refractivity contribution in [3.63, 3.8) is 0 Å². The largest absolute Gasteiger partial charge is 0.352 e. The Balaban J connectivity index is 0.00000225. The van der Waals surface area contributed by atoms with Crippen molar-refractivity contribution in [2.24, 2.45) is 4.99 Å². The molecule has 9 nitrogen and oxygen atoms in total. The van der Waals surface area contributed by atoms with Crippen molar-refractivity contribution < 1.29 is 9.32 Å². The fourth-order valence-corrected chi connectivity index (χ4v) is 2.73. The molecule has 25 heavy (non-hydrogen) atoms. The molecular formula is C15H26IN7O2. The normalized spacial score (nSPS) is 18.6. The Bertz CT molecular complexity index is 594. The summed E-state index contributed by atoms with van der Waals surface area (Å²) in [5.41, 5.74) is 0. The summed E-state index contributed by atoms with van der Waals surface area (Å²) in [6.45, 7) is 6.10. The summed E-state index contributed by atoms with van der Waals surface area (Å²) in [6, 6.07) is 0.426. The number of nitrogens with one attached hydrogen (secondary N) is 2. The van der Waals surface area contributed by atoms with Gasteiger partial charge in [-0.1, -0.05) is 5.16 Å². The number of halogens is 1. The van der Waals surface area contributed by atoms with Crippen LogP contribution >= 0.6 is 24.0 Å². The van der Waals surface area contributed by atoms with E-state index in [-0.39, 0.29) is 29.9 Å². The van der Waals surface area contributed by atoms with E-state index in [0.29, 0.717) is 30.8 Å². The zero-order valence-corrected chi connectivity index (χ0v) is 17.0. The van der Waals surface area contributed by atoms with Crippen LogP contribution in [0.5, 0.6) is 0 Å². The van der Waals surface area contributed by atoms with Crippen molar-refractivity contribution in [2.45, 2.75) is 32.4 Å². The van der Waals surface area contributed by atoms with Gasteiger partial charge in [-0.05, 0) is 12.8 Å². The molecule has 1 saturated carbocycles. The molecule has 1 aromatic rings. The third-order valence-corrected chi connectivity index (χ3v) is 4.17. The van der Waals surface area contributed by atoms with Crippen LogP contribution in [0.25, 0.3) is 0 Å². The van der Waals surface area contributed by atoms with Gasteiger partial charge < -0.3 is 20.1 Å². The smallest absolute Gasteiger partial charge is 0.234 e. The van der Waals surface area contributed by atoms with E-state index in [9.17, 15) is 4.79 Å². The number of hydrogen-bond acceptors (Lipinski definition) is 6. The van der Waals surface area contributed by atoms with Crippen LogP contribution < -0.4 is 10.6 Å². The molecular weight excluding hydrogens is 437 g/mol. The SMILES string of the molecule is CN=C(NCc1noc(C)n1)N1CCN(CC(=O)NC2CC2)CC1.I. The average Bonchev–Trinajstić information content (AvgIpc) is 3.28. The Morgan fingerprint density at radius 2 is 2.04 bits per heavy atom. The lowest BCUT2D eigenvalue weighted by Gasteiger charge is -2.36. The molecule has 2 fully saturated rings. The zero-order valence-electron chi connectivity index (χ0n) is 14.7. The van der Waals surface area contributed by atoms with Crippen LogP contribution in [-0.4, -0.2) is 77.6 Å². The number of carbonyl (C=O) groups is 1. The van der Waals surface area contributed by atoms with Gasteiger partial charge in [0.1, 0.15) is 0 Å². The highest BCUT2D eigenvalue weighted by molar-refractivity contribution is 14.0. The summed E-state index contributed by atoms with van der Waals surface area (Å²) in [5, 5.41) is 10.2. The second-order valence-electron chi connectivity index (χ2n) is 6.24. The van der Waals surface area contributed by atoms with Gasteiger partial charge in [0.25, 0.3) is 0 Å². The van der Waals surface area contributed by atoms with Crippen LogP contribution in [0.3, 0.4) is 0 Å². The van der Waals surface area contributed by atoms with Crippen molar-refractivity contribution in [2.75, 3.05) is 39.8 Å². The lowest BCUT2D eigenvalue weighted by molar-refractivity contribution is -0.122. The third kappa shape index (κ3) is 6.10. The van der Waals surface area contributed by atoms with Gasteiger partial charge in [-0.2, -0.15) is 4.98 Å². The average molecular weight is 463 g/mol. The molecule has 0 spiro atoms. The summed E-state index contributed by atoms with van der Waals surface area (Å²) in [4.78, 5) is 24.7. The highest BCUT2D eigenvalue weighted by Crippen LogP contribution is 2.18. The minimum absolute atomic E-state index is 0. The van der Waals surface area contributed by atoms with E-state index >= 15 is 0 Å². The molecule has 1 saturated heterocycles. The topological polar surface area (TPSA) is 98.9 Å². The van der Waals surface area contributed by atoms with Crippen LogP contribution in [0.2, 0.25) is 0 Å². The number of piperazine rings is 1. The van der Waals surface area contributed by atoms with Crippen LogP contribution in [0.4, 0.5) is 0 Å². The van der Waals surface area contributed by atoms with Gasteiger partial charge in [0.2, 0.25) is 11.8 Å². The van der Waals surface area contributed by atoms with Gasteiger partial charge in [0.15, 0.2) is 11.8 Å². The number of carbonyl (C=O) groups excluding carboxylic acids is 1. The number of amides is 1. The molecule has 0 bridgehead atoms. The Morgan fingerprint density at radius 1 is 1.32 bits per heavy atom. The maximum atomic E-state index is 11.9. The molecule has 2 heterocycles. The van der Waals surface area contributed by atoms with Gasteiger partial charge in [0, 0.05) is 46.2 Å². The van der Waals surface area contributed by atoms with Crippen LogP contribution in [0.15, 0.2) is 9.52 Å². The Labute approximate surface area is 164 Å². The molecule has 3 rings (SSSR count). The molecule has 1 aromatic heterocycles. The first-order valence-corrected chi connectivity index (χ1v) is 8.40. The minimum Gasteiger partial charge on any atom is -0.352 e. The van der Waals surface area contributed by atoms with E-state index < -0.39 is 0 Å². The van der Waals surface area contributed by atoms with Crippen molar-refractivity contribution in [3.8, 4) is 0 Å². The van der Waals surface area contributed by atoms with E-state index in [4.69, 9.17) is 4.52 Å². The molecule has 2 N–H and O–H groups in total. The van der Waals surface area contributed by atoms with E-state index in [0.717, 1.165) is 45.0 Å². The summed E-state index contributed by atoms with van der Waals surface area (Å²) >= 11 is 0. The number of aliphatic imine (C=N–C) groups is 1. The van der Waals surface area contributed by atoms with Gasteiger partial charge in [-0.25, -0.2) is 0 Å². The van der Waals surface area contributed by atoms with Crippen molar-refractivity contribution in [1.29, 1.82) is 0 Å². The number of rotatable bonds is 5. The molecule has 0 aromatic carbocycles. The second kappa shape index (κ2) is 9.32. The van der Waals surface area contributed by atoms with Crippen LogP contribution in [0.1, 0.15) is 24.6 Å². The van der Waals surface area contributed by atoms with Gasteiger partial charge >= 0.3 is 0 Å². The monoisotopic (exact) mass is 463 g/mol. The first-order chi connectivity index (χ1) is 11.6. The molecule has 1 amide bonds. The van der Waals surface area contributed by atoms with Gasteiger partial charge in [-0.15, -0.1) is 24.0 Å². The summed E-state index contributed by atoms with van der Waals surface area (Å²) in [5.74, 6) is 2.13. The maximum Gasteiger partial charge on any atom is 0.234 e. The molecule has 0 unspecified atom stereocenters. The van der Waals surface area contributed by atoms with Crippen LogP contribution in [-0.2, 0) is 11.3 Å². The van der Waals surface area contributed by atoms with Crippen molar-refractivity contribution in [3.05, 3.63) is 11.7 Å². The summed E-state index contributed by atoms with van der Waals surface area (Å²) in [7, 11) is 1.76. The Kier molecular flexibility index (Phi) is 7.41. The van der Waals surface area contributed by atoms with E-state index in [2.05, 4.69) is 35.6 Å². The number of hydrogen-bond donors (Lipinski definition) is 2. The third-order valence-electron chi connectivity index (χ3n) is 4.17. The summed E-state index contributed by atoms with van der Waals surface area (Å²) < 4.78 is 4.96. The highest BCUT2D eigenvalue weighted by atomic mass is 127. The van der Waals surface area contributed by atoms with Crippen LogP contribution in [0, 0.1) is 6.92 Å². The first-order valence-electron chi connectivity index (χ1n) is 8.40. The van der Waals surface area contributed by atoms with Crippen molar-refractivity contribution >= 4 is 35.8 Å². The van der Waals surface area contributed by atoms with E-state index in [1.54, 1.807) is 14.0 Å². The van der Waals surface area contributed by atoms with Crippen molar-refractivity contribution in [1.82, 2.24) is 30.6 Å². The maximum absolute atomic E-state index is 11.9. The first kappa shape index (κ1) is 19.9. The number of aryl methyl sites for hydroxylation is 1. The quantitative estimate of drug-likeness (QED) is 0.360. The molecule has 0 radical (unpaired) electrons. The minimum atomic E-state index is 0. The molecule has 1 aliphatic carbocycles. The lowest BCUT2D eigenvalue weighted by Crippen LogP contribution is -2.54. The van der Waals surface area contributed by atoms with Gasteiger partial charge in [-0.3, -0.25) is 14.7 Å². The number of guanidine groups is 1. The predicted molar refractivity (Wildman–Crippen MR) is 104 cm³/mol. The summed E-state index contributed by atoms with van der Waals surface area (Å²) in [6.07, 6.45) is 2.25. The van der Waals surface area contributed by atoms with Gasteiger partial charge in [0.05, 0.1) is 13.1 Å².